The second-order valence-corrected chi connectivity index (χ2v) is 5.99. The van der Waals surface area contributed by atoms with Gasteiger partial charge in [-0.25, -0.2) is 0 Å². The Morgan fingerprint density at radius 3 is 2.88 bits per heavy atom. The molecule has 0 spiro atoms. The summed E-state index contributed by atoms with van der Waals surface area (Å²) in [6.07, 6.45) is 7.18. The fraction of sp³-hybridized carbons (Fsp3) is 1.00. The molecule has 3 aliphatic rings. The summed E-state index contributed by atoms with van der Waals surface area (Å²) in [5.74, 6) is 0.759. The van der Waals surface area contributed by atoms with Gasteiger partial charge in [0.25, 0.3) is 0 Å². The molecule has 3 atom stereocenters. The van der Waals surface area contributed by atoms with Gasteiger partial charge in [-0.05, 0) is 38.0 Å². The van der Waals surface area contributed by atoms with Gasteiger partial charge in [-0.3, -0.25) is 4.90 Å². The van der Waals surface area contributed by atoms with Crippen LogP contribution in [0.3, 0.4) is 0 Å². The van der Waals surface area contributed by atoms with Crippen LogP contribution in [0.15, 0.2) is 0 Å². The Bertz CT molecular complexity index is 255. The van der Waals surface area contributed by atoms with Gasteiger partial charge >= 0.3 is 0 Å². The van der Waals surface area contributed by atoms with Crippen molar-refractivity contribution in [3.8, 4) is 0 Å². The number of nitrogens with zero attached hydrogens (tertiary/aromatic N) is 1. The topological polar surface area (TPSA) is 24.5 Å². The first kappa shape index (κ1) is 11.9. The van der Waals surface area contributed by atoms with Crippen LogP contribution in [-0.2, 0) is 4.74 Å². The zero-order valence-electron chi connectivity index (χ0n) is 11.0. The van der Waals surface area contributed by atoms with E-state index in [1.165, 1.54) is 51.7 Å². The van der Waals surface area contributed by atoms with E-state index in [4.69, 9.17) is 4.74 Å². The summed E-state index contributed by atoms with van der Waals surface area (Å²) in [6.45, 7) is 6.99. The summed E-state index contributed by atoms with van der Waals surface area (Å²) >= 11 is 0. The van der Waals surface area contributed by atoms with Crippen LogP contribution in [0.5, 0.6) is 0 Å². The van der Waals surface area contributed by atoms with Crippen LogP contribution in [0.25, 0.3) is 0 Å². The van der Waals surface area contributed by atoms with Gasteiger partial charge in [0.05, 0.1) is 6.10 Å². The zero-order valence-corrected chi connectivity index (χ0v) is 11.0. The average Bonchev–Trinajstić information content (AvgIpc) is 2.93. The third-order valence-corrected chi connectivity index (χ3v) is 4.70. The molecule has 1 aliphatic carbocycles. The molecule has 0 aromatic carbocycles. The monoisotopic (exact) mass is 238 g/mol. The molecular formula is C14H26N2O. The number of nitrogens with one attached hydrogen (secondary N) is 1. The predicted octanol–water partition coefficient (Wildman–Crippen LogP) is 1.63. The molecule has 0 aromatic rings. The first-order chi connectivity index (χ1) is 8.36. The predicted molar refractivity (Wildman–Crippen MR) is 69.1 cm³/mol. The zero-order chi connectivity index (χ0) is 11.7. The highest BCUT2D eigenvalue weighted by Gasteiger charge is 2.35. The molecule has 2 heterocycles. The SMILES string of the molecule is CCC1OCCC1CNC1CCN(C2CC2)C1. The van der Waals surface area contributed by atoms with E-state index in [0.717, 1.165) is 24.6 Å². The first-order valence-electron chi connectivity index (χ1n) is 7.46. The Labute approximate surface area is 105 Å². The molecule has 98 valence electrons. The van der Waals surface area contributed by atoms with Gasteiger partial charge in [0.2, 0.25) is 0 Å². The molecular weight excluding hydrogens is 212 g/mol. The maximum absolute atomic E-state index is 5.75. The van der Waals surface area contributed by atoms with Crippen molar-refractivity contribution in [3.05, 3.63) is 0 Å². The summed E-state index contributed by atoms with van der Waals surface area (Å²) in [5, 5.41) is 3.78. The van der Waals surface area contributed by atoms with Crippen molar-refractivity contribution < 1.29 is 4.74 Å². The molecule has 0 radical (unpaired) electrons. The highest BCUT2D eigenvalue weighted by Crippen LogP contribution is 2.30. The van der Waals surface area contributed by atoms with E-state index >= 15 is 0 Å². The van der Waals surface area contributed by atoms with E-state index in [9.17, 15) is 0 Å². The molecule has 3 nitrogen and oxygen atoms in total. The largest absolute Gasteiger partial charge is 0.378 e. The van der Waals surface area contributed by atoms with Crippen molar-refractivity contribution in [2.75, 3.05) is 26.2 Å². The minimum Gasteiger partial charge on any atom is -0.378 e. The highest BCUT2D eigenvalue weighted by molar-refractivity contribution is 4.92. The second-order valence-electron chi connectivity index (χ2n) is 5.99. The Balaban J connectivity index is 1.39. The molecule has 3 unspecified atom stereocenters. The van der Waals surface area contributed by atoms with Gasteiger partial charge in [0.15, 0.2) is 0 Å². The average molecular weight is 238 g/mol. The van der Waals surface area contributed by atoms with E-state index in [1.54, 1.807) is 0 Å². The molecule has 2 saturated heterocycles. The van der Waals surface area contributed by atoms with Gasteiger partial charge in [0.1, 0.15) is 0 Å². The van der Waals surface area contributed by atoms with E-state index in [-0.39, 0.29) is 0 Å². The van der Waals surface area contributed by atoms with Gasteiger partial charge in [-0.1, -0.05) is 6.92 Å². The highest BCUT2D eigenvalue weighted by atomic mass is 16.5. The summed E-state index contributed by atoms with van der Waals surface area (Å²) in [7, 11) is 0. The lowest BCUT2D eigenvalue weighted by molar-refractivity contribution is 0.0866. The van der Waals surface area contributed by atoms with E-state index in [0.29, 0.717) is 6.10 Å². The van der Waals surface area contributed by atoms with Crippen LogP contribution in [0.2, 0.25) is 0 Å². The molecule has 3 fully saturated rings. The fourth-order valence-electron chi connectivity index (χ4n) is 3.42. The Morgan fingerprint density at radius 2 is 2.12 bits per heavy atom. The Morgan fingerprint density at radius 1 is 1.24 bits per heavy atom. The van der Waals surface area contributed by atoms with Crippen molar-refractivity contribution in [2.24, 2.45) is 5.92 Å². The molecule has 17 heavy (non-hydrogen) atoms. The van der Waals surface area contributed by atoms with Crippen LogP contribution in [0, 0.1) is 5.92 Å². The number of rotatable bonds is 5. The second kappa shape index (κ2) is 5.25. The fourth-order valence-corrected chi connectivity index (χ4v) is 3.42. The summed E-state index contributed by atoms with van der Waals surface area (Å²) in [5.41, 5.74) is 0. The van der Waals surface area contributed by atoms with E-state index in [1.807, 2.05) is 0 Å². The Hall–Kier alpha value is -0.120. The van der Waals surface area contributed by atoms with Crippen LogP contribution in [0.4, 0.5) is 0 Å². The van der Waals surface area contributed by atoms with Crippen LogP contribution < -0.4 is 5.32 Å². The van der Waals surface area contributed by atoms with Crippen LogP contribution in [0.1, 0.15) is 39.0 Å². The number of likely N-dealkylation sites (tertiary alicyclic amines) is 1. The molecule has 2 aliphatic heterocycles. The third-order valence-electron chi connectivity index (χ3n) is 4.70. The first-order valence-corrected chi connectivity index (χ1v) is 7.46. The maximum atomic E-state index is 5.75. The lowest BCUT2D eigenvalue weighted by Crippen LogP contribution is -2.38. The van der Waals surface area contributed by atoms with Gasteiger partial charge in [-0.2, -0.15) is 0 Å². The lowest BCUT2D eigenvalue weighted by atomic mass is 9.99. The van der Waals surface area contributed by atoms with Gasteiger partial charge in [-0.15, -0.1) is 0 Å². The number of ether oxygens (including phenoxy) is 1. The van der Waals surface area contributed by atoms with Gasteiger partial charge in [0, 0.05) is 38.3 Å². The maximum Gasteiger partial charge on any atom is 0.0613 e. The normalized spacial score (nSPS) is 39.0. The molecule has 0 bridgehead atoms. The van der Waals surface area contributed by atoms with E-state index in [2.05, 4.69) is 17.1 Å². The van der Waals surface area contributed by atoms with Crippen molar-refractivity contribution in [1.82, 2.24) is 10.2 Å². The number of hydrogen-bond donors (Lipinski definition) is 1. The molecule has 0 aromatic heterocycles. The van der Waals surface area contributed by atoms with Crippen LogP contribution in [-0.4, -0.2) is 49.3 Å². The minimum absolute atomic E-state index is 0.517. The van der Waals surface area contributed by atoms with Gasteiger partial charge < -0.3 is 10.1 Å². The minimum atomic E-state index is 0.517. The quantitative estimate of drug-likeness (QED) is 0.788. The van der Waals surface area contributed by atoms with Crippen molar-refractivity contribution >= 4 is 0 Å². The van der Waals surface area contributed by atoms with Crippen LogP contribution >= 0.6 is 0 Å². The smallest absolute Gasteiger partial charge is 0.0613 e. The van der Waals surface area contributed by atoms with Crippen molar-refractivity contribution in [2.45, 2.75) is 57.2 Å². The molecule has 3 rings (SSSR count). The molecule has 1 saturated carbocycles. The molecule has 3 heteroatoms. The van der Waals surface area contributed by atoms with Crippen molar-refractivity contribution in [3.63, 3.8) is 0 Å². The summed E-state index contributed by atoms with van der Waals surface area (Å²) in [6, 6.07) is 1.69. The molecule has 0 amide bonds. The Kier molecular flexibility index (Phi) is 3.69. The van der Waals surface area contributed by atoms with Crippen molar-refractivity contribution in [1.29, 1.82) is 0 Å². The standard InChI is InChI=1S/C14H26N2O/c1-2-14-11(6-8-17-14)9-15-12-5-7-16(10-12)13-3-4-13/h11-15H,2-10H2,1H3. The molecule has 1 N–H and O–H groups in total. The van der Waals surface area contributed by atoms with E-state index < -0.39 is 0 Å². The number of hydrogen-bond acceptors (Lipinski definition) is 3. The lowest BCUT2D eigenvalue weighted by Gasteiger charge is -2.21. The third kappa shape index (κ3) is 2.83. The summed E-state index contributed by atoms with van der Waals surface area (Å²) < 4.78 is 5.75. The summed E-state index contributed by atoms with van der Waals surface area (Å²) in [4.78, 5) is 2.68.